The third-order valence-electron chi connectivity index (χ3n) is 2.76. The lowest BCUT2D eigenvalue weighted by atomic mass is 10.2. The average molecular weight is 279 g/mol. The van der Waals surface area contributed by atoms with Crippen LogP contribution in [0.25, 0.3) is 0 Å². The predicted molar refractivity (Wildman–Crippen MR) is 77.4 cm³/mol. The highest BCUT2D eigenvalue weighted by atomic mass is 35.5. The largest absolute Gasteiger partial charge is 0.392 e. The third-order valence-corrected chi connectivity index (χ3v) is 4.55. The number of aryl methyl sites for hydroxylation is 2. The first-order chi connectivity index (χ1) is 8.61. The minimum absolute atomic E-state index is 0.00774. The van der Waals surface area contributed by atoms with E-state index in [1.165, 1.54) is 16.0 Å². The number of benzene rings is 2. The highest BCUT2D eigenvalue weighted by Crippen LogP contribution is 2.37. The second-order valence-corrected chi connectivity index (χ2v) is 5.72. The number of hydrogen-bond donors (Lipinski definition) is 1. The standard InChI is InChI=1S/C15H15ClOS/c1-10-6-7-14(11(2)8-10)18-15-12(9-17)4-3-5-13(15)16/h3-8,17H,9H2,1-2H3. The molecule has 0 radical (unpaired) electrons. The van der Waals surface area contributed by atoms with Crippen LogP contribution in [0.5, 0.6) is 0 Å². The first kappa shape index (κ1) is 13.5. The van der Waals surface area contributed by atoms with Gasteiger partial charge < -0.3 is 5.11 Å². The zero-order valence-electron chi connectivity index (χ0n) is 10.4. The van der Waals surface area contributed by atoms with Gasteiger partial charge in [-0.1, -0.05) is 53.2 Å². The molecule has 2 aromatic rings. The first-order valence-electron chi connectivity index (χ1n) is 5.75. The van der Waals surface area contributed by atoms with Gasteiger partial charge >= 0.3 is 0 Å². The lowest BCUT2D eigenvalue weighted by Gasteiger charge is -2.11. The molecular weight excluding hydrogens is 264 g/mol. The van der Waals surface area contributed by atoms with Crippen molar-refractivity contribution in [1.29, 1.82) is 0 Å². The molecule has 1 N–H and O–H groups in total. The molecule has 0 spiro atoms. The maximum Gasteiger partial charge on any atom is 0.0693 e. The second kappa shape index (κ2) is 5.79. The molecule has 0 saturated heterocycles. The van der Waals surface area contributed by atoms with Crippen molar-refractivity contribution < 1.29 is 5.11 Å². The Labute approximate surface area is 117 Å². The van der Waals surface area contributed by atoms with Crippen molar-refractivity contribution in [3.8, 4) is 0 Å². The molecule has 0 fully saturated rings. The molecule has 0 aliphatic carbocycles. The van der Waals surface area contributed by atoms with Crippen LogP contribution in [-0.4, -0.2) is 5.11 Å². The Morgan fingerprint density at radius 3 is 2.61 bits per heavy atom. The summed E-state index contributed by atoms with van der Waals surface area (Å²) >= 11 is 7.82. The Balaban J connectivity index is 2.39. The van der Waals surface area contributed by atoms with Crippen LogP contribution in [0.2, 0.25) is 5.02 Å². The minimum atomic E-state index is 0.00774. The molecular formula is C15H15ClOS. The fraction of sp³-hybridized carbons (Fsp3) is 0.200. The minimum Gasteiger partial charge on any atom is -0.392 e. The summed E-state index contributed by atoms with van der Waals surface area (Å²) in [6.45, 7) is 4.18. The van der Waals surface area contributed by atoms with E-state index in [4.69, 9.17) is 11.6 Å². The van der Waals surface area contributed by atoms with E-state index in [0.717, 1.165) is 10.5 Å². The van der Waals surface area contributed by atoms with Gasteiger partial charge in [-0.25, -0.2) is 0 Å². The zero-order valence-corrected chi connectivity index (χ0v) is 12.0. The number of halogens is 1. The Bertz CT molecular complexity index is 566. The molecule has 0 aliphatic rings. The molecule has 2 aromatic carbocycles. The molecule has 0 atom stereocenters. The van der Waals surface area contributed by atoms with Gasteiger partial charge in [-0.2, -0.15) is 0 Å². The molecule has 0 bridgehead atoms. The molecule has 0 unspecified atom stereocenters. The maximum absolute atomic E-state index is 9.36. The lowest BCUT2D eigenvalue weighted by Crippen LogP contribution is -1.89. The predicted octanol–water partition coefficient (Wildman–Crippen LogP) is 4.60. The van der Waals surface area contributed by atoms with Crippen LogP contribution in [0, 0.1) is 13.8 Å². The van der Waals surface area contributed by atoms with Crippen LogP contribution in [0.1, 0.15) is 16.7 Å². The molecule has 0 aliphatic heterocycles. The van der Waals surface area contributed by atoms with E-state index >= 15 is 0 Å². The summed E-state index contributed by atoms with van der Waals surface area (Å²) in [5.41, 5.74) is 3.34. The van der Waals surface area contributed by atoms with Crippen molar-refractivity contribution in [3.05, 3.63) is 58.1 Å². The lowest BCUT2D eigenvalue weighted by molar-refractivity contribution is 0.279. The van der Waals surface area contributed by atoms with Crippen molar-refractivity contribution in [2.75, 3.05) is 0 Å². The Kier molecular flexibility index (Phi) is 4.33. The summed E-state index contributed by atoms with van der Waals surface area (Å²) in [6, 6.07) is 12.0. The van der Waals surface area contributed by atoms with Crippen LogP contribution >= 0.6 is 23.4 Å². The summed E-state index contributed by atoms with van der Waals surface area (Å²) in [5.74, 6) is 0. The van der Waals surface area contributed by atoms with Crippen LogP contribution in [0.15, 0.2) is 46.2 Å². The van der Waals surface area contributed by atoms with Crippen molar-refractivity contribution in [3.63, 3.8) is 0 Å². The van der Waals surface area contributed by atoms with Gasteiger partial charge in [0.1, 0.15) is 0 Å². The van der Waals surface area contributed by atoms with Gasteiger partial charge in [0.2, 0.25) is 0 Å². The van der Waals surface area contributed by atoms with Gasteiger partial charge in [-0.3, -0.25) is 0 Å². The fourth-order valence-corrected chi connectivity index (χ4v) is 3.13. The quantitative estimate of drug-likeness (QED) is 0.885. The van der Waals surface area contributed by atoms with Gasteiger partial charge in [-0.05, 0) is 37.1 Å². The van der Waals surface area contributed by atoms with Crippen LogP contribution < -0.4 is 0 Å². The Morgan fingerprint density at radius 2 is 1.94 bits per heavy atom. The summed E-state index contributed by atoms with van der Waals surface area (Å²) in [6.07, 6.45) is 0. The van der Waals surface area contributed by atoms with E-state index in [1.807, 2.05) is 18.2 Å². The maximum atomic E-state index is 9.36. The molecule has 0 saturated carbocycles. The smallest absolute Gasteiger partial charge is 0.0693 e. The molecule has 0 heterocycles. The highest BCUT2D eigenvalue weighted by Gasteiger charge is 2.09. The monoisotopic (exact) mass is 278 g/mol. The van der Waals surface area contributed by atoms with Crippen molar-refractivity contribution >= 4 is 23.4 Å². The molecule has 1 nitrogen and oxygen atoms in total. The summed E-state index contributed by atoms with van der Waals surface area (Å²) in [5, 5.41) is 10.0. The van der Waals surface area contributed by atoms with Crippen molar-refractivity contribution in [2.45, 2.75) is 30.2 Å². The summed E-state index contributed by atoms with van der Waals surface area (Å²) in [4.78, 5) is 2.11. The van der Waals surface area contributed by atoms with Crippen LogP contribution in [0.4, 0.5) is 0 Å². The molecule has 2 rings (SSSR count). The Morgan fingerprint density at radius 1 is 1.17 bits per heavy atom. The normalized spacial score (nSPS) is 10.7. The number of aliphatic hydroxyl groups excluding tert-OH is 1. The second-order valence-electron chi connectivity index (χ2n) is 4.26. The van der Waals surface area contributed by atoms with Crippen molar-refractivity contribution in [2.24, 2.45) is 0 Å². The summed E-state index contributed by atoms with van der Waals surface area (Å²) in [7, 11) is 0. The van der Waals surface area contributed by atoms with E-state index in [0.29, 0.717) is 5.02 Å². The molecule has 3 heteroatoms. The molecule has 18 heavy (non-hydrogen) atoms. The molecule has 94 valence electrons. The average Bonchev–Trinajstić information content (AvgIpc) is 2.34. The van der Waals surface area contributed by atoms with Gasteiger partial charge in [0.25, 0.3) is 0 Å². The van der Waals surface area contributed by atoms with Crippen LogP contribution in [-0.2, 0) is 6.61 Å². The first-order valence-corrected chi connectivity index (χ1v) is 6.94. The number of aliphatic hydroxyl groups is 1. The van der Waals surface area contributed by atoms with E-state index in [2.05, 4.69) is 32.0 Å². The van der Waals surface area contributed by atoms with Gasteiger partial charge in [-0.15, -0.1) is 0 Å². The van der Waals surface area contributed by atoms with Gasteiger partial charge in [0.15, 0.2) is 0 Å². The van der Waals surface area contributed by atoms with E-state index < -0.39 is 0 Å². The van der Waals surface area contributed by atoms with Gasteiger partial charge in [0, 0.05) is 9.79 Å². The van der Waals surface area contributed by atoms with E-state index in [9.17, 15) is 5.11 Å². The van der Waals surface area contributed by atoms with E-state index in [1.54, 1.807) is 11.8 Å². The SMILES string of the molecule is Cc1ccc(Sc2c(Cl)cccc2CO)c(C)c1. The van der Waals surface area contributed by atoms with Gasteiger partial charge in [0.05, 0.1) is 11.6 Å². The van der Waals surface area contributed by atoms with Crippen molar-refractivity contribution in [1.82, 2.24) is 0 Å². The number of hydrogen-bond acceptors (Lipinski definition) is 2. The fourth-order valence-electron chi connectivity index (χ4n) is 1.82. The van der Waals surface area contributed by atoms with E-state index in [-0.39, 0.29) is 6.61 Å². The topological polar surface area (TPSA) is 20.2 Å². The molecule has 0 aromatic heterocycles. The summed E-state index contributed by atoms with van der Waals surface area (Å²) < 4.78 is 0. The number of rotatable bonds is 3. The highest BCUT2D eigenvalue weighted by molar-refractivity contribution is 7.99. The molecule has 0 amide bonds. The third kappa shape index (κ3) is 2.89. The Hall–Kier alpha value is -0.960. The zero-order chi connectivity index (χ0) is 13.1. The van der Waals surface area contributed by atoms with Crippen LogP contribution in [0.3, 0.4) is 0 Å².